The van der Waals surface area contributed by atoms with Gasteiger partial charge in [0.05, 0.1) is 25.3 Å². The number of carbonyl (C=O) groups excluding carboxylic acids is 2. The number of anilines is 1. The number of hydrogen-bond acceptors (Lipinski definition) is 5. The van der Waals surface area contributed by atoms with Crippen molar-refractivity contribution in [2.45, 2.75) is 33.2 Å². The molecule has 1 atom stereocenters. The Kier molecular flexibility index (Phi) is 6.92. The molecule has 1 fully saturated rings. The molecule has 1 aliphatic rings. The number of benzene rings is 3. The fourth-order valence-corrected chi connectivity index (χ4v) is 4.16. The minimum absolute atomic E-state index is 0.0422. The lowest BCUT2D eigenvalue weighted by molar-refractivity contribution is -0.132. The summed E-state index contributed by atoms with van der Waals surface area (Å²) in [5.41, 5.74) is 3.84. The lowest BCUT2D eigenvalue weighted by Gasteiger charge is -2.26. The zero-order valence-electron chi connectivity index (χ0n) is 20.4. The number of ketones is 1. The highest BCUT2D eigenvalue weighted by molar-refractivity contribution is 6.51. The van der Waals surface area contributed by atoms with Crippen LogP contribution in [0.15, 0.2) is 72.3 Å². The van der Waals surface area contributed by atoms with E-state index in [-0.39, 0.29) is 11.3 Å². The van der Waals surface area contributed by atoms with E-state index in [1.807, 2.05) is 39.0 Å². The Morgan fingerprint density at radius 1 is 0.914 bits per heavy atom. The summed E-state index contributed by atoms with van der Waals surface area (Å²) in [6, 6.07) is 18.9. The first-order valence-corrected chi connectivity index (χ1v) is 11.6. The van der Waals surface area contributed by atoms with Gasteiger partial charge in [0, 0.05) is 11.3 Å². The number of aliphatic hydroxyl groups excluding tert-OH is 1. The minimum atomic E-state index is -0.793. The van der Waals surface area contributed by atoms with E-state index in [2.05, 4.69) is 0 Å². The second-order valence-electron chi connectivity index (χ2n) is 8.58. The van der Waals surface area contributed by atoms with Crippen molar-refractivity contribution in [1.82, 2.24) is 0 Å². The third kappa shape index (κ3) is 4.64. The predicted octanol–water partition coefficient (Wildman–Crippen LogP) is 5.73. The highest BCUT2D eigenvalue weighted by Crippen LogP contribution is 2.43. The average Bonchev–Trinajstić information content (AvgIpc) is 3.14. The monoisotopic (exact) mass is 471 g/mol. The van der Waals surface area contributed by atoms with E-state index >= 15 is 0 Å². The smallest absolute Gasteiger partial charge is 0.300 e. The van der Waals surface area contributed by atoms with Crippen LogP contribution >= 0.6 is 0 Å². The van der Waals surface area contributed by atoms with Gasteiger partial charge < -0.3 is 14.6 Å². The maximum atomic E-state index is 13.3. The molecule has 1 N–H and O–H groups in total. The van der Waals surface area contributed by atoms with Crippen molar-refractivity contribution < 1.29 is 24.2 Å². The molecule has 0 bridgehead atoms. The molecule has 0 spiro atoms. The lowest BCUT2D eigenvalue weighted by atomic mass is 9.95. The Hall–Kier alpha value is -4.06. The number of ether oxygens (including phenoxy) is 2. The third-order valence-corrected chi connectivity index (χ3v) is 6.25. The van der Waals surface area contributed by atoms with Crippen molar-refractivity contribution in [2.24, 2.45) is 0 Å². The van der Waals surface area contributed by atoms with Crippen molar-refractivity contribution in [1.29, 1.82) is 0 Å². The van der Waals surface area contributed by atoms with Gasteiger partial charge in [-0.15, -0.1) is 0 Å². The first-order chi connectivity index (χ1) is 16.8. The summed E-state index contributed by atoms with van der Waals surface area (Å²) in [6.45, 7) is 6.56. The van der Waals surface area contributed by atoms with Crippen molar-refractivity contribution in [2.75, 3.05) is 18.6 Å². The fourth-order valence-electron chi connectivity index (χ4n) is 4.16. The summed E-state index contributed by atoms with van der Waals surface area (Å²) in [5.74, 6) is -0.311. The molecule has 0 aromatic heterocycles. The van der Waals surface area contributed by atoms with Gasteiger partial charge in [-0.2, -0.15) is 0 Å². The first-order valence-electron chi connectivity index (χ1n) is 11.6. The van der Waals surface area contributed by atoms with Gasteiger partial charge in [-0.25, -0.2) is 0 Å². The quantitative estimate of drug-likeness (QED) is 0.271. The van der Waals surface area contributed by atoms with Crippen LogP contribution in [0.5, 0.6) is 11.5 Å². The highest BCUT2D eigenvalue weighted by atomic mass is 16.5. The number of rotatable bonds is 7. The van der Waals surface area contributed by atoms with Gasteiger partial charge in [0.1, 0.15) is 17.3 Å². The predicted molar refractivity (Wildman–Crippen MR) is 136 cm³/mol. The first kappa shape index (κ1) is 24.1. The van der Waals surface area contributed by atoms with Crippen LogP contribution in [0.25, 0.3) is 5.76 Å². The van der Waals surface area contributed by atoms with E-state index in [9.17, 15) is 14.7 Å². The number of carbonyl (C=O) groups is 2. The zero-order chi connectivity index (χ0) is 25.1. The molecule has 1 heterocycles. The van der Waals surface area contributed by atoms with Gasteiger partial charge >= 0.3 is 0 Å². The molecule has 180 valence electrons. The zero-order valence-corrected chi connectivity index (χ0v) is 20.4. The summed E-state index contributed by atoms with van der Waals surface area (Å²) in [5, 5.41) is 11.3. The van der Waals surface area contributed by atoms with E-state index in [1.165, 1.54) is 4.90 Å². The van der Waals surface area contributed by atoms with E-state index in [1.54, 1.807) is 55.6 Å². The van der Waals surface area contributed by atoms with Crippen LogP contribution in [0.4, 0.5) is 5.69 Å². The number of nitrogens with zero attached hydrogens (tertiary/aromatic N) is 1. The van der Waals surface area contributed by atoms with E-state index in [4.69, 9.17) is 9.47 Å². The number of Topliss-reactive ketones (excluding diaryl/α,β-unsaturated/α-hetero) is 1. The van der Waals surface area contributed by atoms with Gasteiger partial charge in [0.2, 0.25) is 0 Å². The lowest BCUT2D eigenvalue weighted by Crippen LogP contribution is -2.29. The summed E-state index contributed by atoms with van der Waals surface area (Å²) < 4.78 is 10.9. The molecule has 1 amide bonds. The van der Waals surface area contributed by atoms with Gasteiger partial charge in [0.15, 0.2) is 0 Å². The number of hydrogen-bond donors (Lipinski definition) is 1. The summed E-state index contributed by atoms with van der Waals surface area (Å²) in [4.78, 5) is 28.1. The molecule has 0 saturated carbocycles. The van der Waals surface area contributed by atoms with Crippen LogP contribution in [0, 0.1) is 13.8 Å². The SMILES string of the molecule is CCCOc1ccc(/C(O)=C2\C(=O)C(=O)N(c3ccc(C)c(C)c3)C2c2ccc(OC)cc2)cc1. The fraction of sp³-hybridized carbons (Fsp3) is 0.241. The Labute approximate surface area is 205 Å². The Bertz CT molecular complexity index is 1280. The van der Waals surface area contributed by atoms with Crippen molar-refractivity contribution >= 4 is 23.1 Å². The second-order valence-corrected chi connectivity index (χ2v) is 8.58. The third-order valence-electron chi connectivity index (χ3n) is 6.25. The van der Waals surface area contributed by atoms with Crippen molar-refractivity contribution in [3.8, 4) is 11.5 Å². The molecule has 6 heteroatoms. The molecule has 1 saturated heterocycles. The molecule has 3 aromatic carbocycles. The summed E-state index contributed by atoms with van der Waals surface area (Å²) in [7, 11) is 1.57. The van der Waals surface area contributed by atoms with Crippen LogP contribution < -0.4 is 14.4 Å². The molecule has 1 unspecified atom stereocenters. The number of methoxy groups -OCH3 is 1. The standard InChI is InChI=1S/C29H29NO5/c1-5-16-35-24-14-9-21(10-15-24)27(31)25-26(20-7-12-23(34-4)13-8-20)30(29(33)28(25)32)22-11-6-18(2)19(3)17-22/h6-15,17,26,31H,5,16H2,1-4H3/b27-25+. The maximum Gasteiger partial charge on any atom is 0.300 e. The van der Waals surface area contributed by atoms with Gasteiger partial charge in [-0.3, -0.25) is 14.5 Å². The number of aliphatic hydroxyl groups is 1. The van der Waals surface area contributed by atoms with E-state index in [0.29, 0.717) is 34.9 Å². The van der Waals surface area contributed by atoms with Gasteiger partial charge in [-0.1, -0.05) is 25.1 Å². The molecule has 0 radical (unpaired) electrons. The number of aryl methyl sites for hydroxylation is 2. The summed E-state index contributed by atoms with van der Waals surface area (Å²) in [6.07, 6.45) is 0.880. The van der Waals surface area contributed by atoms with Crippen LogP contribution in [0.3, 0.4) is 0 Å². The molecule has 4 rings (SSSR count). The number of amides is 1. The van der Waals surface area contributed by atoms with E-state index < -0.39 is 17.7 Å². The van der Waals surface area contributed by atoms with Crippen LogP contribution in [0.2, 0.25) is 0 Å². The van der Waals surface area contributed by atoms with Gasteiger partial charge in [-0.05, 0) is 85.5 Å². The largest absolute Gasteiger partial charge is 0.507 e. The molecule has 0 aliphatic carbocycles. The Balaban J connectivity index is 1.85. The second kappa shape index (κ2) is 10.1. The minimum Gasteiger partial charge on any atom is -0.507 e. The molecular formula is C29H29NO5. The summed E-state index contributed by atoms with van der Waals surface area (Å²) >= 11 is 0. The van der Waals surface area contributed by atoms with Crippen LogP contribution in [-0.4, -0.2) is 30.5 Å². The molecule has 6 nitrogen and oxygen atoms in total. The normalized spacial score (nSPS) is 17.0. The molecule has 3 aromatic rings. The molecular weight excluding hydrogens is 442 g/mol. The van der Waals surface area contributed by atoms with Crippen molar-refractivity contribution in [3.63, 3.8) is 0 Å². The maximum absolute atomic E-state index is 13.3. The average molecular weight is 472 g/mol. The van der Waals surface area contributed by atoms with Crippen LogP contribution in [-0.2, 0) is 9.59 Å². The van der Waals surface area contributed by atoms with Crippen LogP contribution in [0.1, 0.15) is 41.6 Å². The highest BCUT2D eigenvalue weighted by Gasteiger charge is 2.47. The van der Waals surface area contributed by atoms with Gasteiger partial charge in [0.25, 0.3) is 11.7 Å². The Morgan fingerprint density at radius 3 is 2.17 bits per heavy atom. The molecule has 35 heavy (non-hydrogen) atoms. The molecule has 1 aliphatic heterocycles. The topological polar surface area (TPSA) is 76.1 Å². The van der Waals surface area contributed by atoms with E-state index in [0.717, 1.165) is 17.5 Å². The van der Waals surface area contributed by atoms with Crippen molar-refractivity contribution in [3.05, 3.63) is 94.6 Å². The Morgan fingerprint density at radius 2 is 1.57 bits per heavy atom.